The summed E-state index contributed by atoms with van der Waals surface area (Å²) >= 11 is 0. The molecule has 0 aromatic heterocycles. The molecule has 0 saturated carbocycles. The molecule has 0 bridgehead atoms. The van der Waals surface area contributed by atoms with Crippen LogP contribution in [0.2, 0.25) is 0 Å². The van der Waals surface area contributed by atoms with Gasteiger partial charge in [0.25, 0.3) is 0 Å². The van der Waals surface area contributed by atoms with Gasteiger partial charge < -0.3 is 14.7 Å². The van der Waals surface area contributed by atoms with Crippen LogP contribution in [0.5, 0.6) is 5.75 Å². The fourth-order valence-electron chi connectivity index (χ4n) is 1.37. The number of para-hydroxylation sites is 1. The number of hydrogen-bond acceptors (Lipinski definition) is 5. The van der Waals surface area contributed by atoms with Gasteiger partial charge in [-0.3, -0.25) is 0 Å². The number of ether oxygens (including phenoxy) is 2. The maximum atomic E-state index is 11.5. The van der Waals surface area contributed by atoms with Crippen molar-refractivity contribution >= 4 is 11.7 Å². The number of nitrogens with zero attached hydrogens (tertiary/aromatic N) is 1. The maximum absolute atomic E-state index is 11.5. The first-order chi connectivity index (χ1) is 7.65. The smallest absolute Gasteiger partial charge is 0.341 e. The van der Waals surface area contributed by atoms with Gasteiger partial charge in [-0.25, -0.2) is 4.79 Å². The first-order valence-electron chi connectivity index (χ1n) is 4.60. The van der Waals surface area contributed by atoms with Crippen molar-refractivity contribution in [2.45, 2.75) is 6.92 Å². The molecular formula is C11H13NO4. The topological polar surface area (TPSA) is 68.1 Å². The summed E-state index contributed by atoms with van der Waals surface area (Å²) in [6, 6.07) is 4.94. The third kappa shape index (κ3) is 2.13. The predicted octanol–water partition coefficient (Wildman–Crippen LogP) is 1.68. The van der Waals surface area contributed by atoms with Gasteiger partial charge in [-0.15, -0.1) is 0 Å². The predicted molar refractivity (Wildman–Crippen MR) is 58.3 cm³/mol. The monoisotopic (exact) mass is 223 g/mol. The minimum atomic E-state index is -0.496. The van der Waals surface area contributed by atoms with Crippen molar-refractivity contribution < 1.29 is 19.5 Å². The van der Waals surface area contributed by atoms with E-state index in [4.69, 9.17) is 9.94 Å². The molecular weight excluding hydrogens is 210 g/mol. The second-order valence-corrected chi connectivity index (χ2v) is 3.06. The molecule has 1 rings (SSSR count). The lowest BCUT2D eigenvalue weighted by atomic mass is 10.1. The van der Waals surface area contributed by atoms with E-state index in [-0.39, 0.29) is 0 Å². The molecule has 0 atom stereocenters. The van der Waals surface area contributed by atoms with Gasteiger partial charge in [0.1, 0.15) is 11.3 Å². The summed E-state index contributed by atoms with van der Waals surface area (Å²) in [6.45, 7) is 1.61. The van der Waals surface area contributed by atoms with Gasteiger partial charge in [0.2, 0.25) is 0 Å². The molecule has 86 valence electrons. The second kappa shape index (κ2) is 5.16. The Kier molecular flexibility index (Phi) is 3.88. The van der Waals surface area contributed by atoms with E-state index in [9.17, 15) is 4.79 Å². The highest BCUT2D eigenvalue weighted by Crippen LogP contribution is 2.25. The highest BCUT2D eigenvalue weighted by molar-refractivity contribution is 6.04. The van der Waals surface area contributed by atoms with E-state index in [1.807, 2.05) is 0 Å². The van der Waals surface area contributed by atoms with E-state index >= 15 is 0 Å². The molecule has 0 aliphatic carbocycles. The van der Waals surface area contributed by atoms with Crippen LogP contribution in [0.3, 0.4) is 0 Å². The van der Waals surface area contributed by atoms with E-state index in [1.165, 1.54) is 14.2 Å². The van der Waals surface area contributed by atoms with Crippen LogP contribution in [-0.2, 0) is 4.74 Å². The van der Waals surface area contributed by atoms with Crippen LogP contribution < -0.4 is 4.74 Å². The van der Waals surface area contributed by atoms with E-state index in [2.05, 4.69) is 9.89 Å². The quantitative estimate of drug-likeness (QED) is 0.366. The molecule has 1 aromatic carbocycles. The number of methoxy groups -OCH3 is 2. The van der Waals surface area contributed by atoms with Crippen molar-refractivity contribution in [2.24, 2.45) is 5.16 Å². The molecule has 0 saturated heterocycles. The largest absolute Gasteiger partial charge is 0.495 e. The molecule has 1 N–H and O–H groups in total. The Morgan fingerprint density at radius 3 is 2.44 bits per heavy atom. The highest BCUT2D eigenvalue weighted by atomic mass is 16.5. The number of oxime groups is 1. The molecule has 0 aliphatic heterocycles. The molecule has 0 unspecified atom stereocenters. The minimum absolute atomic E-state index is 0.297. The zero-order valence-electron chi connectivity index (χ0n) is 9.35. The standard InChI is InChI=1S/C11H13NO4/c1-7(12-14)8-5-4-6-9(10(8)15-2)11(13)16-3/h4-6,14H,1-3H3/b12-7+. The van der Waals surface area contributed by atoms with Crippen molar-refractivity contribution in [1.29, 1.82) is 0 Å². The van der Waals surface area contributed by atoms with E-state index < -0.39 is 5.97 Å². The molecule has 0 aliphatic rings. The lowest BCUT2D eigenvalue weighted by Crippen LogP contribution is -2.08. The van der Waals surface area contributed by atoms with Crippen molar-refractivity contribution in [2.75, 3.05) is 14.2 Å². The van der Waals surface area contributed by atoms with Crippen LogP contribution in [0.15, 0.2) is 23.4 Å². The van der Waals surface area contributed by atoms with Crippen molar-refractivity contribution in [1.82, 2.24) is 0 Å². The normalized spacial score (nSPS) is 11.1. The molecule has 5 heteroatoms. The second-order valence-electron chi connectivity index (χ2n) is 3.06. The Morgan fingerprint density at radius 1 is 1.31 bits per heavy atom. The van der Waals surface area contributed by atoms with Gasteiger partial charge in [0, 0.05) is 5.56 Å². The summed E-state index contributed by atoms with van der Waals surface area (Å²) in [5.41, 5.74) is 1.21. The molecule has 5 nitrogen and oxygen atoms in total. The molecule has 0 heterocycles. The zero-order chi connectivity index (χ0) is 12.1. The van der Waals surface area contributed by atoms with Gasteiger partial charge in [-0.05, 0) is 19.1 Å². The van der Waals surface area contributed by atoms with E-state index in [1.54, 1.807) is 25.1 Å². The van der Waals surface area contributed by atoms with Gasteiger partial charge in [-0.2, -0.15) is 0 Å². The van der Waals surface area contributed by atoms with Crippen LogP contribution in [-0.4, -0.2) is 31.1 Å². The Morgan fingerprint density at radius 2 is 1.94 bits per heavy atom. The van der Waals surface area contributed by atoms with E-state index in [0.717, 1.165) is 0 Å². The lowest BCUT2D eigenvalue weighted by Gasteiger charge is -2.11. The summed E-state index contributed by atoms with van der Waals surface area (Å²) in [4.78, 5) is 11.5. The average Bonchev–Trinajstić information content (AvgIpc) is 2.35. The molecule has 0 radical (unpaired) electrons. The van der Waals surface area contributed by atoms with Crippen LogP contribution in [0.25, 0.3) is 0 Å². The van der Waals surface area contributed by atoms with Gasteiger partial charge in [0.05, 0.1) is 19.9 Å². The Labute approximate surface area is 93.3 Å². The van der Waals surface area contributed by atoms with Crippen molar-refractivity contribution in [3.8, 4) is 5.75 Å². The summed E-state index contributed by atoms with van der Waals surface area (Å²) in [5.74, 6) is -0.158. The summed E-state index contributed by atoms with van der Waals surface area (Å²) in [6.07, 6.45) is 0. The third-order valence-electron chi connectivity index (χ3n) is 2.16. The highest BCUT2D eigenvalue weighted by Gasteiger charge is 2.17. The summed E-state index contributed by atoms with van der Waals surface area (Å²) in [7, 11) is 2.73. The minimum Gasteiger partial charge on any atom is -0.495 e. The van der Waals surface area contributed by atoms with Crippen LogP contribution in [0.4, 0.5) is 0 Å². The first-order valence-corrected chi connectivity index (χ1v) is 4.60. The number of rotatable bonds is 3. The number of esters is 1. The fraction of sp³-hybridized carbons (Fsp3) is 0.273. The van der Waals surface area contributed by atoms with Gasteiger partial charge in [0.15, 0.2) is 0 Å². The van der Waals surface area contributed by atoms with Crippen LogP contribution >= 0.6 is 0 Å². The molecule has 0 spiro atoms. The lowest BCUT2D eigenvalue weighted by molar-refractivity contribution is 0.0597. The first kappa shape index (κ1) is 12.0. The maximum Gasteiger partial charge on any atom is 0.341 e. The number of benzene rings is 1. The number of hydrogen-bond donors (Lipinski definition) is 1. The zero-order valence-corrected chi connectivity index (χ0v) is 9.35. The number of carbonyl (C=O) groups is 1. The fourth-order valence-corrected chi connectivity index (χ4v) is 1.37. The average molecular weight is 223 g/mol. The molecule has 16 heavy (non-hydrogen) atoms. The Bertz CT molecular complexity index is 426. The Hall–Kier alpha value is -2.04. The van der Waals surface area contributed by atoms with Crippen LogP contribution in [0, 0.1) is 0 Å². The SMILES string of the molecule is COC(=O)c1cccc(/C(C)=N/O)c1OC. The Balaban J connectivity index is 3.37. The van der Waals surface area contributed by atoms with Gasteiger partial charge >= 0.3 is 5.97 Å². The van der Waals surface area contributed by atoms with Crippen molar-refractivity contribution in [3.05, 3.63) is 29.3 Å². The van der Waals surface area contributed by atoms with Crippen molar-refractivity contribution in [3.63, 3.8) is 0 Å². The summed E-state index contributed by atoms with van der Waals surface area (Å²) < 4.78 is 9.76. The van der Waals surface area contributed by atoms with E-state index in [0.29, 0.717) is 22.6 Å². The summed E-state index contributed by atoms with van der Waals surface area (Å²) in [5, 5.41) is 11.8. The molecule has 0 fully saturated rings. The number of carbonyl (C=O) groups excluding carboxylic acids is 1. The molecule has 0 amide bonds. The molecule has 1 aromatic rings. The van der Waals surface area contributed by atoms with Gasteiger partial charge in [-0.1, -0.05) is 11.2 Å². The third-order valence-corrected chi connectivity index (χ3v) is 2.16. The van der Waals surface area contributed by atoms with Crippen LogP contribution in [0.1, 0.15) is 22.8 Å².